The maximum absolute atomic E-state index is 10.8. The maximum Gasteiger partial charge on any atom is 0.323 e. The van der Waals surface area contributed by atoms with Crippen molar-refractivity contribution < 1.29 is 9.90 Å². The summed E-state index contributed by atoms with van der Waals surface area (Å²) in [5, 5.41) is 11.9. The van der Waals surface area contributed by atoms with E-state index in [0.29, 0.717) is 6.54 Å². The molecule has 2 atom stereocenters. The van der Waals surface area contributed by atoms with Crippen LogP contribution in [0.25, 0.3) is 0 Å². The number of hydrogen-bond acceptors (Lipinski definition) is 3. The number of nitrogens with one attached hydrogen (secondary N) is 1. The van der Waals surface area contributed by atoms with Crippen LogP contribution in [0.2, 0.25) is 0 Å². The minimum Gasteiger partial charge on any atom is -0.480 e. The standard InChI is InChI=1S/C9H20N2O2/c1-6(5-10)7(2)11-9(3,4)8(12)13/h6-7,11H,5,10H2,1-4H3,(H,12,13). The molecule has 13 heavy (non-hydrogen) atoms. The smallest absolute Gasteiger partial charge is 0.323 e. The van der Waals surface area contributed by atoms with Gasteiger partial charge in [0.2, 0.25) is 0 Å². The van der Waals surface area contributed by atoms with Crippen LogP contribution in [-0.4, -0.2) is 29.2 Å². The lowest BCUT2D eigenvalue weighted by molar-refractivity contribution is -0.143. The molecule has 0 saturated carbocycles. The van der Waals surface area contributed by atoms with Gasteiger partial charge in [-0.15, -0.1) is 0 Å². The molecule has 2 unspecified atom stereocenters. The van der Waals surface area contributed by atoms with Gasteiger partial charge in [0, 0.05) is 6.04 Å². The molecule has 0 aromatic carbocycles. The Balaban J connectivity index is 4.19. The van der Waals surface area contributed by atoms with Crippen molar-refractivity contribution in [1.29, 1.82) is 0 Å². The molecule has 0 bridgehead atoms. The summed E-state index contributed by atoms with van der Waals surface area (Å²) in [4.78, 5) is 10.8. The van der Waals surface area contributed by atoms with Crippen LogP contribution in [0.1, 0.15) is 27.7 Å². The molecule has 0 heterocycles. The molecule has 4 heteroatoms. The molecular formula is C9H20N2O2. The van der Waals surface area contributed by atoms with Gasteiger partial charge in [-0.05, 0) is 33.2 Å². The third kappa shape index (κ3) is 3.74. The second-order valence-corrected chi connectivity index (χ2v) is 4.08. The van der Waals surface area contributed by atoms with Gasteiger partial charge in [-0.3, -0.25) is 10.1 Å². The van der Waals surface area contributed by atoms with E-state index >= 15 is 0 Å². The Kier molecular flexibility index (Phi) is 4.36. The predicted molar refractivity (Wildman–Crippen MR) is 52.5 cm³/mol. The van der Waals surface area contributed by atoms with E-state index in [-0.39, 0.29) is 12.0 Å². The first-order valence-corrected chi connectivity index (χ1v) is 4.52. The lowest BCUT2D eigenvalue weighted by atomic mass is 9.98. The summed E-state index contributed by atoms with van der Waals surface area (Å²) in [6.45, 7) is 7.80. The average molecular weight is 188 g/mol. The number of hydrogen-bond donors (Lipinski definition) is 3. The van der Waals surface area contributed by atoms with E-state index in [2.05, 4.69) is 5.32 Å². The minimum absolute atomic E-state index is 0.107. The van der Waals surface area contributed by atoms with Crippen LogP contribution in [0.15, 0.2) is 0 Å². The third-order valence-corrected chi connectivity index (χ3v) is 2.35. The van der Waals surface area contributed by atoms with Crippen LogP contribution >= 0.6 is 0 Å². The Morgan fingerprint density at radius 3 is 2.31 bits per heavy atom. The highest BCUT2D eigenvalue weighted by molar-refractivity contribution is 5.77. The SMILES string of the molecule is CC(CN)C(C)NC(C)(C)C(=O)O. The van der Waals surface area contributed by atoms with Crippen molar-refractivity contribution in [2.75, 3.05) is 6.54 Å². The summed E-state index contributed by atoms with van der Waals surface area (Å²) in [7, 11) is 0. The number of carboxylic acids is 1. The molecule has 0 aromatic heterocycles. The van der Waals surface area contributed by atoms with Gasteiger partial charge < -0.3 is 10.8 Å². The molecule has 0 fully saturated rings. The lowest BCUT2D eigenvalue weighted by Gasteiger charge is -2.29. The van der Waals surface area contributed by atoms with Gasteiger partial charge >= 0.3 is 5.97 Å². The van der Waals surface area contributed by atoms with Gasteiger partial charge in [0.05, 0.1) is 0 Å². The van der Waals surface area contributed by atoms with Crippen LogP contribution < -0.4 is 11.1 Å². The molecule has 0 amide bonds. The highest BCUT2D eigenvalue weighted by Crippen LogP contribution is 2.08. The van der Waals surface area contributed by atoms with Gasteiger partial charge in [-0.25, -0.2) is 0 Å². The van der Waals surface area contributed by atoms with Crippen molar-refractivity contribution in [2.24, 2.45) is 11.7 Å². The summed E-state index contributed by atoms with van der Waals surface area (Å²) in [6.07, 6.45) is 0. The van der Waals surface area contributed by atoms with Gasteiger partial charge in [0.1, 0.15) is 5.54 Å². The molecule has 0 aliphatic heterocycles. The van der Waals surface area contributed by atoms with E-state index in [4.69, 9.17) is 10.8 Å². The molecule has 4 N–H and O–H groups in total. The van der Waals surface area contributed by atoms with E-state index in [0.717, 1.165) is 0 Å². The first kappa shape index (κ1) is 12.4. The van der Waals surface area contributed by atoms with Gasteiger partial charge in [-0.2, -0.15) is 0 Å². The molecule has 4 nitrogen and oxygen atoms in total. The van der Waals surface area contributed by atoms with Crippen LogP contribution in [0, 0.1) is 5.92 Å². The fraction of sp³-hybridized carbons (Fsp3) is 0.889. The second kappa shape index (κ2) is 4.58. The van der Waals surface area contributed by atoms with E-state index in [1.165, 1.54) is 0 Å². The van der Waals surface area contributed by atoms with Gasteiger partial charge in [0.15, 0.2) is 0 Å². The van der Waals surface area contributed by atoms with Gasteiger partial charge in [0.25, 0.3) is 0 Å². The monoisotopic (exact) mass is 188 g/mol. The minimum atomic E-state index is -0.886. The predicted octanol–water partition coefficient (Wildman–Crippen LogP) is 0.423. The second-order valence-electron chi connectivity index (χ2n) is 4.08. The van der Waals surface area contributed by atoms with Crippen molar-refractivity contribution in [2.45, 2.75) is 39.3 Å². The number of aliphatic carboxylic acids is 1. The van der Waals surface area contributed by atoms with Gasteiger partial charge in [-0.1, -0.05) is 6.92 Å². The highest BCUT2D eigenvalue weighted by atomic mass is 16.4. The third-order valence-electron chi connectivity index (χ3n) is 2.35. The van der Waals surface area contributed by atoms with Crippen molar-refractivity contribution >= 4 is 5.97 Å². The molecule has 0 radical (unpaired) electrons. The maximum atomic E-state index is 10.8. The fourth-order valence-electron chi connectivity index (χ4n) is 0.977. The zero-order valence-electron chi connectivity index (χ0n) is 8.79. The molecule has 0 aromatic rings. The average Bonchev–Trinajstić information content (AvgIpc) is 2.01. The van der Waals surface area contributed by atoms with E-state index in [9.17, 15) is 4.79 Å². The topological polar surface area (TPSA) is 75.3 Å². The normalized spacial score (nSPS) is 16.7. The summed E-state index contributed by atoms with van der Waals surface area (Å²) in [6, 6.07) is 0.107. The Labute approximate surface area is 79.5 Å². The molecule has 0 saturated heterocycles. The molecule has 0 rings (SSSR count). The first-order valence-electron chi connectivity index (χ1n) is 4.52. The quantitative estimate of drug-likeness (QED) is 0.584. The Bertz CT molecular complexity index is 180. The summed E-state index contributed by atoms with van der Waals surface area (Å²) >= 11 is 0. The summed E-state index contributed by atoms with van der Waals surface area (Å²) in [5.41, 5.74) is 4.59. The molecule has 0 spiro atoms. The van der Waals surface area contributed by atoms with Crippen LogP contribution in [0.5, 0.6) is 0 Å². The summed E-state index contributed by atoms with van der Waals surface area (Å²) < 4.78 is 0. The summed E-state index contributed by atoms with van der Waals surface area (Å²) in [5.74, 6) is -0.567. The van der Waals surface area contributed by atoms with Crippen LogP contribution in [0.3, 0.4) is 0 Å². The largest absolute Gasteiger partial charge is 0.480 e. The zero-order valence-corrected chi connectivity index (χ0v) is 8.79. The van der Waals surface area contributed by atoms with Crippen LogP contribution in [-0.2, 0) is 4.79 Å². The fourth-order valence-corrected chi connectivity index (χ4v) is 0.977. The van der Waals surface area contributed by atoms with E-state index < -0.39 is 11.5 Å². The zero-order chi connectivity index (χ0) is 10.6. The first-order chi connectivity index (χ1) is 5.81. The van der Waals surface area contributed by atoms with E-state index in [1.54, 1.807) is 13.8 Å². The number of carbonyl (C=O) groups is 1. The number of nitrogens with two attached hydrogens (primary N) is 1. The van der Waals surface area contributed by atoms with Crippen molar-refractivity contribution in [3.63, 3.8) is 0 Å². The molecular weight excluding hydrogens is 168 g/mol. The Morgan fingerprint density at radius 2 is 2.00 bits per heavy atom. The van der Waals surface area contributed by atoms with Crippen molar-refractivity contribution in [1.82, 2.24) is 5.32 Å². The molecule has 0 aliphatic carbocycles. The molecule has 78 valence electrons. The van der Waals surface area contributed by atoms with Crippen molar-refractivity contribution in [3.8, 4) is 0 Å². The number of rotatable bonds is 5. The van der Waals surface area contributed by atoms with E-state index in [1.807, 2.05) is 13.8 Å². The highest BCUT2D eigenvalue weighted by Gasteiger charge is 2.29. The lowest BCUT2D eigenvalue weighted by Crippen LogP contribution is -2.53. The number of carboxylic acid groups (broad SMARTS) is 1. The molecule has 0 aliphatic rings. The van der Waals surface area contributed by atoms with Crippen LogP contribution in [0.4, 0.5) is 0 Å². The Morgan fingerprint density at radius 1 is 1.54 bits per heavy atom. The van der Waals surface area contributed by atoms with Crippen molar-refractivity contribution in [3.05, 3.63) is 0 Å². The Hall–Kier alpha value is -0.610.